The van der Waals surface area contributed by atoms with Crippen LogP contribution >= 0.6 is 0 Å². The van der Waals surface area contributed by atoms with Gasteiger partial charge in [0.05, 0.1) is 5.92 Å². The summed E-state index contributed by atoms with van der Waals surface area (Å²) >= 11 is 0. The molecule has 4 N–H and O–H groups in total. The van der Waals surface area contributed by atoms with Crippen LogP contribution in [-0.4, -0.2) is 23.5 Å². The third-order valence-corrected chi connectivity index (χ3v) is 2.76. The number of carbonyl (C=O) groups is 2. The van der Waals surface area contributed by atoms with Crippen molar-refractivity contribution in [3.05, 3.63) is 29.8 Å². The van der Waals surface area contributed by atoms with Crippen LogP contribution in [0.5, 0.6) is 0 Å². The van der Waals surface area contributed by atoms with Crippen LogP contribution in [0.1, 0.15) is 30.6 Å². The van der Waals surface area contributed by atoms with Gasteiger partial charge in [-0.3, -0.25) is 9.59 Å². The molecule has 0 aliphatic heterocycles. The van der Waals surface area contributed by atoms with Crippen molar-refractivity contribution < 1.29 is 14.7 Å². The molecule has 0 saturated carbocycles. The monoisotopic (exact) mass is 264 g/mol. The molecule has 1 aromatic carbocycles. The van der Waals surface area contributed by atoms with Crippen LogP contribution in [-0.2, 0) is 4.79 Å². The van der Waals surface area contributed by atoms with E-state index in [0.29, 0.717) is 17.7 Å². The second-order valence-corrected chi connectivity index (χ2v) is 5.00. The average molecular weight is 264 g/mol. The Hall–Kier alpha value is -2.04. The van der Waals surface area contributed by atoms with Crippen molar-refractivity contribution in [3.8, 4) is 0 Å². The van der Waals surface area contributed by atoms with E-state index in [2.05, 4.69) is 5.32 Å². The predicted octanol–water partition coefficient (Wildman–Crippen LogP) is 1.75. The zero-order chi connectivity index (χ0) is 14.4. The molecule has 19 heavy (non-hydrogen) atoms. The maximum Gasteiger partial charge on any atom is 0.308 e. The second-order valence-electron chi connectivity index (χ2n) is 5.00. The van der Waals surface area contributed by atoms with E-state index in [4.69, 9.17) is 10.8 Å². The molecule has 1 amide bonds. The van der Waals surface area contributed by atoms with Gasteiger partial charge in [-0.1, -0.05) is 19.9 Å². The maximum atomic E-state index is 11.9. The molecule has 0 aliphatic rings. The lowest BCUT2D eigenvalue weighted by Crippen LogP contribution is -2.33. The highest BCUT2D eigenvalue weighted by Crippen LogP contribution is 2.12. The summed E-state index contributed by atoms with van der Waals surface area (Å²) < 4.78 is 0. The van der Waals surface area contributed by atoms with E-state index in [-0.39, 0.29) is 18.4 Å². The van der Waals surface area contributed by atoms with E-state index in [1.807, 2.05) is 13.8 Å². The van der Waals surface area contributed by atoms with Gasteiger partial charge in [-0.15, -0.1) is 0 Å². The number of benzene rings is 1. The number of hydrogen-bond acceptors (Lipinski definition) is 3. The molecule has 104 valence electrons. The minimum absolute atomic E-state index is 0.126. The van der Waals surface area contributed by atoms with Gasteiger partial charge in [-0.25, -0.2) is 0 Å². The smallest absolute Gasteiger partial charge is 0.308 e. The van der Waals surface area contributed by atoms with Gasteiger partial charge in [-0.05, 0) is 30.5 Å². The molecule has 1 aromatic rings. The van der Waals surface area contributed by atoms with Gasteiger partial charge >= 0.3 is 5.97 Å². The maximum absolute atomic E-state index is 11.9. The number of nitrogen functional groups attached to an aromatic ring is 1. The van der Waals surface area contributed by atoms with E-state index >= 15 is 0 Å². The summed E-state index contributed by atoms with van der Waals surface area (Å²) in [6, 6.07) is 6.58. The lowest BCUT2D eigenvalue weighted by molar-refractivity contribution is -0.142. The van der Waals surface area contributed by atoms with Crippen molar-refractivity contribution in [1.82, 2.24) is 5.32 Å². The number of carboxylic acid groups (broad SMARTS) is 1. The lowest BCUT2D eigenvalue weighted by Gasteiger charge is -2.15. The molecule has 0 spiro atoms. The summed E-state index contributed by atoms with van der Waals surface area (Å²) in [4.78, 5) is 22.9. The molecule has 0 aliphatic carbocycles. The van der Waals surface area contributed by atoms with E-state index in [1.165, 1.54) is 0 Å². The molecule has 0 saturated heterocycles. The molecule has 1 atom stereocenters. The topological polar surface area (TPSA) is 92.4 Å². The number of rotatable bonds is 6. The molecule has 0 radical (unpaired) electrons. The van der Waals surface area contributed by atoms with Crippen LogP contribution in [0.2, 0.25) is 0 Å². The van der Waals surface area contributed by atoms with E-state index < -0.39 is 11.9 Å². The number of nitrogens with one attached hydrogen (secondary N) is 1. The van der Waals surface area contributed by atoms with Crippen LogP contribution in [0.3, 0.4) is 0 Å². The largest absolute Gasteiger partial charge is 0.481 e. The van der Waals surface area contributed by atoms with Crippen molar-refractivity contribution >= 4 is 17.6 Å². The summed E-state index contributed by atoms with van der Waals surface area (Å²) in [6.07, 6.45) is 0.534. The van der Waals surface area contributed by atoms with Crippen molar-refractivity contribution in [2.45, 2.75) is 20.3 Å². The molecule has 0 aromatic heterocycles. The molecule has 5 nitrogen and oxygen atoms in total. The first-order valence-electron chi connectivity index (χ1n) is 6.26. The number of carbonyl (C=O) groups excluding carboxylic acids is 1. The van der Waals surface area contributed by atoms with Crippen molar-refractivity contribution in [3.63, 3.8) is 0 Å². The molecular weight excluding hydrogens is 244 g/mol. The van der Waals surface area contributed by atoms with Crippen LogP contribution < -0.4 is 11.1 Å². The quantitative estimate of drug-likeness (QED) is 0.682. The number of amides is 1. The first-order valence-corrected chi connectivity index (χ1v) is 6.26. The molecule has 0 bridgehead atoms. The number of aliphatic carboxylic acids is 1. The van der Waals surface area contributed by atoms with Crippen LogP contribution in [0.4, 0.5) is 5.69 Å². The average Bonchev–Trinajstić information content (AvgIpc) is 2.33. The van der Waals surface area contributed by atoms with Crippen LogP contribution in [0.15, 0.2) is 24.3 Å². The van der Waals surface area contributed by atoms with E-state index in [9.17, 15) is 9.59 Å². The van der Waals surface area contributed by atoms with Gasteiger partial charge in [0.15, 0.2) is 0 Å². The number of anilines is 1. The SMILES string of the molecule is CC(C)CC(CNC(=O)c1cccc(N)c1)C(=O)O. The summed E-state index contributed by atoms with van der Waals surface area (Å²) in [5.41, 5.74) is 6.54. The minimum Gasteiger partial charge on any atom is -0.481 e. The molecule has 0 fully saturated rings. The Balaban J connectivity index is 2.59. The summed E-state index contributed by atoms with van der Waals surface area (Å²) in [7, 11) is 0. The normalized spacial score (nSPS) is 12.2. The zero-order valence-corrected chi connectivity index (χ0v) is 11.2. The first-order chi connectivity index (χ1) is 8.90. The Morgan fingerprint density at radius 1 is 1.37 bits per heavy atom. The zero-order valence-electron chi connectivity index (χ0n) is 11.2. The van der Waals surface area contributed by atoms with Gasteiger partial charge < -0.3 is 16.2 Å². The third kappa shape index (κ3) is 4.99. The van der Waals surface area contributed by atoms with Crippen LogP contribution in [0.25, 0.3) is 0 Å². The highest BCUT2D eigenvalue weighted by Gasteiger charge is 2.19. The minimum atomic E-state index is -0.887. The Kier molecular flexibility index (Phi) is 5.36. The Bertz CT molecular complexity index is 458. The van der Waals surface area contributed by atoms with Gasteiger partial charge in [0.1, 0.15) is 0 Å². The third-order valence-electron chi connectivity index (χ3n) is 2.76. The second kappa shape index (κ2) is 6.78. The van der Waals surface area contributed by atoms with Crippen molar-refractivity contribution in [2.24, 2.45) is 11.8 Å². The fraction of sp³-hybridized carbons (Fsp3) is 0.429. The molecule has 1 unspecified atom stereocenters. The molecule has 1 rings (SSSR count). The summed E-state index contributed by atoms with van der Waals surface area (Å²) in [6.45, 7) is 4.03. The highest BCUT2D eigenvalue weighted by molar-refractivity contribution is 5.95. The molecular formula is C14H20N2O3. The molecule has 0 heterocycles. The van der Waals surface area contributed by atoms with Crippen molar-refractivity contribution in [2.75, 3.05) is 12.3 Å². The standard InChI is InChI=1S/C14H20N2O3/c1-9(2)6-11(14(18)19)8-16-13(17)10-4-3-5-12(15)7-10/h3-5,7,9,11H,6,8,15H2,1-2H3,(H,16,17)(H,18,19). The van der Waals surface area contributed by atoms with Crippen LogP contribution in [0, 0.1) is 11.8 Å². The summed E-state index contributed by atoms with van der Waals surface area (Å²) in [5, 5.41) is 11.7. The highest BCUT2D eigenvalue weighted by atomic mass is 16.4. The van der Waals surface area contributed by atoms with Crippen molar-refractivity contribution in [1.29, 1.82) is 0 Å². The van der Waals surface area contributed by atoms with Gasteiger partial charge in [0.2, 0.25) is 0 Å². The Labute approximate surface area is 112 Å². The fourth-order valence-corrected chi connectivity index (χ4v) is 1.84. The van der Waals surface area contributed by atoms with E-state index in [1.54, 1.807) is 24.3 Å². The lowest BCUT2D eigenvalue weighted by atomic mass is 9.97. The molecule has 5 heteroatoms. The van der Waals surface area contributed by atoms with E-state index in [0.717, 1.165) is 0 Å². The number of hydrogen-bond donors (Lipinski definition) is 3. The van der Waals surface area contributed by atoms with Gasteiger partial charge in [-0.2, -0.15) is 0 Å². The predicted molar refractivity (Wildman–Crippen MR) is 73.8 cm³/mol. The number of nitrogens with two attached hydrogens (primary N) is 1. The van der Waals surface area contributed by atoms with Gasteiger partial charge in [0.25, 0.3) is 5.91 Å². The Morgan fingerprint density at radius 2 is 2.05 bits per heavy atom. The first kappa shape index (κ1) is 15.0. The van der Waals surface area contributed by atoms with Gasteiger partial charge in [0, 0.05) is 17.8 Å². The fourth-order valence-electron chi connectivity index (χ4n) is 1.84. The number of carboxylic acids is 1. The summed E-state index contributed by atoms with van der Waals surface area (Å²) in [5.74, 6) is -1.49. The Morgan fingerprint density at radius 3 is 2.58 bits per heavy atom.